The predicted molar refractivity (Wildman–Crippen MR) is 96.8 cm³/mol. The number of nitrogens with two attached hydrogens (primary N) is 1. The molecule has 0 bridgehead atoms. The van der Waals surface area contributed by atoms with Crippen molar-refractivity contribution in [2.75, 3.05) is 12.3 Å². The number of rotatable bonds is 1. The molecule has 1 aromatic carbocycles. The summed E-state index contributed by atoms with van der Waals surface area (Å²) in [6, 6.07) is 4.78. The number of nitro benzene ring substituents is 1. The second kappa shape index (κ2) is 8.32. The summed E-state index contributed by atoms with van der Waals surface area (Å²) < 4.78 is 6.02. The summed E-state index contributed by atoms with van der Waals surface area (Å²) in [7, 11) is 0. The van der Waals surface area contributed by atoms with Gasteiger partial charge in [0.05, 0.1) is 4.92 Å². The highest BCUT2D eigenvalue weighted by atomic mass is 79.9. The van der Waals surface area contributed by atoms with Crippen molar-refractivity contribution in [3.05, 3.63) is 32.8 Å². The summed E-state index contributed by atoms with van der Waals surface area (Å²) in [4.78, 5) is 23.1. The maximum atomic E-state index is 11.6. The summed E-state index contributed by atoms with van der Waals surface area (Å²) in [5, 5.41) is 10.2. The highest BCUT2D eigenvalue weighted by molar-refractivity contribution is 9.10. The van der Waals surface area contributed by atoms with Crippen molar-refractivity contribution < 1.29 is 14.5 Å². The first kappa shape index (κ1) is 20.2. The Morgan fingerprint density at radius 1 is 1.46 bits per heavy atom. The van der Waals surface area contributed by atoms with Gasteiger partial charge in [-0.05, 0) is 52.7 Å². The number of amides is 1. The van der Waals surface area contributed by atoms with Crippen LogP contribution >= 0.6 is 15.9 Å². The predicted octanol–water partition coefficient (Wildman–Crippen LogP) is 4.35. The second-order valence-corrected chi connectivity index (χ2v) is 7.54. The first-order valence-corrected chi connectivity index (χ1v) is 8.49. The molecule has 2 N–H and O–H groups in total. The maximum Gasteiger partial charge on any atom is 0.410 e. The summed E-state index contributed by atoms with van der Waals surface area (Å²) >= 11 is 3.14. The Balaban J connectivity index is 0.000000243. The number of halogens is 1. The summed E-state index contributed by atoms with van der Waals surface area (Å²) in [5.41, 5.74) is 5.08. The van der Waals surface area contributed by atoms with Crippen LogP contribution in [0, 0.1) is 10.1 Å². The molecule has 0 spiro atoms. The quantitative estimate of drug-likeness (QED) is 0.428. The zero-order valence-corrected chi connectivity index (χ0v) is 16.0. The average Bonchev–Trinajstić information content (AvgIpc) is 2.83. The maximum absolute atomic E-state index is 11.6. The largest absolute Gasteiger partial charge is 0.444 e. The summed E-state index contributed by atoms with van der Waals surface area (Å²) in [6.07, 6.45) is 2.03. The molecule has 0 unspecified atom stereocenters. The molecule has 1 aliphatic rings. The van der Waals surface area contributed by atoms with Crippen LogP contribution in [0.3, 0.4) is 0 Å². The lowest BCUT2D eigenvalue weighted by Gasteiger charge is -2.26. The van der Waals surface area contributed by atoms with Crippen molar-refractivity contribution in [1.82, 2.24) is 4.90 Å². The molecule has 2 rings (SSSR count). The monoisotopic (exact) mass is 401 g/mol. The minimum Gasteiger partial charge on any atom is -0.444 e. The Bertz CT molecular complexity index is 601. The van der Waals surface area contributed by atoms with Crippen LogP contribution in [0.5, 0.6) is 0 Å². The van der Waals surface area contributed by atoms with Crippen LogP contribution < -0.4 is 5.73 Å². The van der Waals surface area contributed by atoms with Crippen molar-refractivity contribution in [3.63, 3.8) is 0 Å². The number of ether oxygens (including phenoxy) is 1. The number of nitrogen functional groups attached to an aromatic ring is 1. The molecule has 1 atom stereocenters. The first-order chi connectivity index (χ1) is 11.0. The van der Waals surface area contributed by atoms with Gasteiger partial charge in [-0.25, -0.2) is 4.79 Å². The zero-order chi connectivity index (χ0) is 18.5. The smallest absolute Gasteiger partial charge is 0.410 e. The molecule has 8 heteroatoms. The third kappa shape index (κ3) is 6.35. The zero-order valence-electron chi connectivity index (χ0n) is 14.4. The van der Waals surface area contributed by atoms with Gasteiger partial charge in [0.1, 0.15) is 11.3 Å². The molecule has 0 aromatic heterocycles. The second-order valence-electron chi connectivity index (χ2n) is 6.63. The lowest BCUT2D eigenvalue weighted by Crippen LogP contribution is -2.38. The number of nitrogens with zero attached hydrogens (tertiary/aromatic N) is 2. The number of anilines is 1. The molecule has 0 aliphatic carbocycles. The molecule has 1 aliphatic heterocycles. The van der Waals surface area contributed by atoms with Gasteiger partial charge in [0.2, 0.25) is 0 Å². The molecule has 1 heterocycles. The number of nitro groups is 1. The number of hydrogen-bond donors (Lipinski definition) is 1. The van der Waals surface area contributed by atoms with Gasteiger partial charge in [-0.2, -0.15) is 0 Å². The van der Waals surface area contributed by atoms with Gasteiger partial charge in [0.15, 0.2) is 0 Å². The Morgan fingerprint density at radius 2 is 2.08 bits per heavy atom. The molecule has 1 aromatic rings. The van der Waals surface area contributed by atoms with E-state index in [0.717, 1.165) is 23.9 Å². The Labute approximate surface area is 150 Å². The van der Waals surface area contributed by atoms with Gasteiger partial charge in [0.25, 0.3) is 5.69 Å². The number of hydrogen-bond acceptors (Lipinski definition) is 5. The van der Waals surface area contributed by atoms with Crippen LogP contribution in [-0.2, 0) is 4.74 Å². The van der Waals surface area contributed by atoms with Crippen molar-refractivity contribution in [3.8, 4) is 0 Å². The van der Waals surface area contributed by atoms with E-state index in [1.807, 2.05) is 25.7 Å². The number of benzene rings is 1. The molecule has 1 amide bonds. The van der Waals surface area contributed by atoms with Gasteiger partial charge in [-0.3, -0.25) is 10.1 Å². The molecular weight excluding hydrogens is 378 g/mol. The molecular formula is C16H24BrN3O4. The van der Waals surface area contributed by atoms with Crippen LogP contribution in [0.15, 0.2) is 22.7 Å². The molecule has 134 valence electrons. The highest BCUT2D eigenvalue weighted by Gasteiger charge is 2.29. The Kier molecular flexibility index (Phi) is 7.01. The van der Waals surface area contributed by atoms with E-state index in [1.165, 1.54) is 12.1 Å². The van der Waals surface area contributed by atoms with Crippen LogP contribution in [0.2, 0.25) is 0 Å². The van der Waals surface area contributed by atoms with E-state index in [2.05, 4.69) is 22.9 Å². The number of likely N-dealkylation sites (tertiary alicyclic amines) is 1. The normalized spacial score (nSPS) is 17.0. The van der Waals surface area contributed by atoms with E-state index < -0.39 is 4.92 Å². The van der Waals surface area contributed by atoms with E-state index in [4.69, 9.17) is 10.5 Å². The fourth-order valence-electron chi connectivity index (χ4n) is 2.22. The SMILES string of the molecule is C[C@@H]1CCCN1C(=O)OC(C)(C)C.Nc1cc(Br)ccc1[N+](=O)[O-]. The van der Waals surface area contributed by atoms with Gasteiger partial charge >= 0.3 is 6.09 Å². The molecule has 7 nitrogen and oxygen atoms in total. The van der Waals surface area contributed by atoms with Gasteiger partial charge in [-0.15, -0.1) is 0 Å². The van der Waals surface area contributed by atoms with Crippen molar-refractivity contribution in [2.45, 2.75) is 52.2 Å². The Morgan fingerprint density at radius 3 is 2.50 bits per heavy atom. The lowest BCUT2D eigenvalue weighted by atomic mass is 10.2. The number of carbonyl (C=O) groups excluding carboxylic acids is 1. The fourth-order valence-corrected chi connectivity index (χ4v) is 2.60. The van der Waals surface area contributed by atoms with Crippen LogP contribution in [0.4, 0.5) is 16.2 Å². The topological polar surface area (TPSA) is 98.7 Å². The molecule has 1 fully saturated rings. The van der Waals surface area contributed by atoms with Crippen LogP contribution in [0.25, 0.3) is 0 Å². The average molecular weight is 402 g/mol. The molecule has 24 heavy (non-hydrogen) atoms. The minimum absolute atomic E-state index is 0.0619. The van der Waals surface area contributed by atoms with Gasteiger partial charge in [0, 0.05) is 23.1 Å². The van der Waals surface area contributed by atoms with Gasteiger partial charge < -0.3 is 15.4 Å². The first-order valence-electron chi connectivity index (χ1n) is 7.70. The van der Waals surface area contributed by atoms with E-state index in [-0.39, 0.29) is 23.1 Å². The van der Waals surface area contributed by atoms with Crippen molar-refractivity contribution in [1.29, 1.82) is 0 Å². The lowest BCUT2D eigenvalue weighted by molar-refractivity contribution is -0.383. The fraction of sp³-hybridized carbons (Fsp3) is 0.562. The van der Waals surface area contributed by atoms with Crippen molar-refractivity contribution in [2.24, 2.45) is 0 Å². The standard InChI is InChI=1S/C10H19NO2.C6H5BrN2O2/c1-8-6-5-7-11(8)9(12)13-10(2,3)4;7-4-1-2-6(9(10)11)5(8)3-4/h8H,5-7H2,1-4H3;1-3H,8H2/t8-;/m1./s1. The third-order valence-corrected chi connectivity index (χ3v) is 3.86. The third-order valence-electron chi connectivity index (χ3n) is 3.37. The molecule has 0 saturated carbocycles. The van der Waals surface area contributed by atoms with Crippen molar-refractivity contribution >= 4 is 33.4 Å². The molecule has 0 radical (unpaired) electrons. The van der Waals surface area contributed by atoms with Crippen LogP contribution in [0.1, 0.15) is 40.5 Å². The van der Waals surface area contributed by atoms with E-state index in [0.29, 0.717) is 6.04 Å². The van der Waals surface area contributed by atoms with E-state index >= 15 is 0 Å². The summed E-state index contributed by atoms with van der Waals surface area (Å²) in [5.74, 6) is 0. The summed E-state index contributed by atoms with van der Waals surface area (Å²) in [6.45, 7) is 8.59. The van der Waals surface area contributed by atoms with Crippen LogP contribution in [-0.4, -0.2) is 34.1 Å². The van der Waals surface area contributed by atoms with E-state index in [1.54, 1.807) is 6.07 Å². The molecule has 1 saturated heterocycles. The Hall–Kier alpha value is -1.83. The van der Waals surface area contributed by atoms with E-state index in [9.17, 15) is 14.9 Å². The van der Waals surface area contributed by atoms with Gasteiger partial charge in [-0.1, -0.05) is 15.9 Å². The minimum atomic E-state index is -0.512. The number of carbonyl (C=O) groups is 1. The highest BCUT2D eigenvalue weighted by Crippen LogP contribution is 2.24.